The number of ether oxygens (including phenoxy) is 1. The van der Waals surface area contributed by atoms with Crippen LogP contribution in [0.15, 0.2) is 48.5 Å². The first-order valence-corrected chi connectivity index (χ1v) is 6.87. The molecule has 21 heavy (non-hydrogen) atoms. The molecule has 2 aromatic rings. The number of nitrogens with zero attached hydrogens (tertiary/aromatic N) is 1. The Kier molecular flexibility index (Phi) is 4.95. The van der Waals surface area contributed by atoms with Crippen LogP contribution in [0, 0.1) is 0 Å². The zero-order chi connectivity index (χ0) is 15.2. The van der Waals surface area contributed by atoms with E-state index in [1.54, 1.807) is 19.1 Å². The van der Waals surface area contributed by atoms with E-state index in [2.05, 4.69) is 0 Å². The van der Waals surface area contributed by atoms with Crippen LogP contribution in [-0.2, 0) is 6.42 Å². The summed E-state index contributed by atoms with van der Waals surface area (Å²) in [6.45, 7) is 0.521. The van der Waals surface area contributed by atoms with Crippen molar-refractivity contribution in [3.63, 3.8) is 0 Å². The number of benzene rings is 2. The molecule has 0 aliphatic carbocycles. The second-order valence-corrected chi connectivity index (χ2v) is 4.76. The van der Waals surface area contributed by atoms with Gasteiger partial charge in [-0.15, -0.1) is 0 Å². The molecule has 0 radical (unpaired) electrons. The lowest BCUT2D eigenvalue weighted by molar-refractivity contribution is 0.0992. The Morgan fingerprint density at radius 1 is 1.19 bits per heavy atom. The van der Waals surface area contributed by atoms with Crippen LogP contribution >= 0.6 is 0 Å². The minimum atomic E-state index is -0.0488. The van der Waals surface area contributed by atoms with Crippen molar-refractivity contribution in [3.8, 4) is 5.75 Å². The van der Waals surface area contributed by atoms with Crippen molar-refractivity contribution in [1.29, 1.82) is 0 Å². The van der Waals surface area contributed by atoms with Crippen molar-refractivity contribution in [3.05, 3.63) is 59.7 Å². The minimum absolute atomic E-state index is 0.0488. The van der Waals surface area contributed by atoms with Crippen LogP contribution < -0.4 is 15.4 Å². The van der Waals surface area contributed by atoms with Crippen molar-refractivity contribution in [2.45, 2.75) is 6.42 Å². The molecule has 0 aromatic heterocycles. The molecule has 0 bridgehead atoms. The molecule has 2 aromatic carbocycles. The van der Waals surface area contributed by atoms with E-state index in [-0.39, 0.29) is 5.91 Å². The van der Waals surface area contributed by atoms with Crippen LogP contribution in [-0.4, -0.2) is 26.6 Å². The fraction of sp³-hybridized carbons (Fsp3) is 0.235. The second kappa shape index (κ2) is 6.90. The predicted octanol–water partition coefficient (Wildman–Crippen LogP) is 2.47. The van der Waals surface area contributed by atoms with Gasteiger partial charge in [-0.1, -0.05) is 24.3 Å². The first-order chi connectivity index (χ1) is 10.2. The maximum atomic E-state index is 12.7. The molecule has 0 aliphatic heterocycles. The molecule has 0 heterocycles. The zero-order valence-corrected chi connectivity index (χ0v) is 12.4. The third-order valence-corrected chi connectivity index (χ3v) is 3.41. The molecule has 110 valence electrons. The lowest BCUT2D eigenvalue weighted by Gasteiger charge is -2.19. The number of amides is 1. The summed E-state index contributed by atoms with van der Waals surface area (Å²) >= 11 is 0. The average Bonchev–Trinajstić information content (AvgIpc) is 2.54. The van der Waals surface area contributed by atoms with Gasteiger partial charge < -0.3 is 15.4 Å². The first-order valence-electron chi connectivity index (χ1n) is 6.87. The van der Waals surface area contributed by atoms with E-state index in [4.69, 9.17) is 10.5 Å². The van der Waals surface area contributed by atoms with Gasteiger partial charge in [0.2, 0.25) is 0 Å². The summed E-state index contributed by atoms with van der Waals surface area (Å²) in [5.41, 5.74) is 8.07. The van der Waals surface area contributed by atoms with Crippen molar-refractivity contribution in [2.75, 3.05) is 25.6 Å². The number of hydrogen-bond acceptors (Lipinski definition) is 3. The summed E-state index contributed by atoms with van der Waals surface area (Å²) in [7, 11) is 3.37. The van der Waals surface area contributed by atoms with Gasteiger partial charge in [0.1, 0.15) is 5.75 Å². The van der Waals surface area contributed by atoms with E-state index in [0.29, 0.717) is 18.5 Å². The van der Waals surface area contributed by atoms with Crippen LogP contribution in [0.5, 0.6) is 5.75 Å². The number of anilines is 1. The molecule has 0 aliphatic rings. The molecule has 1 amide bonds. The van der Waals surface area contributed by atoms with Crippen molar-refractivity contribution >= 4 is 11.6 Å². The second-order valence-electron chi connectivity index (χ2n) is 4.76. The summed E-state index contributed by atoms with van der Waals surface area (Å²) in [6, 6.07) is 15.0. The quantitative estimate of drug-likeness (QED) is 0.917. The SMILES string of the molecule is COc1cccc(N(C)C(=O)c2ccccc2CCN)c1. The first kappa shape index (κ1) is 15.1. The highest BCUT2D eigenvalue weighted by molar-refractivity contribution is 6.06. The van der Waals surface area contributed by atoms with Crippen LogP contribution in [0.2, 0.25) is 0 Å². The van der Waals surface area contributed by atoms with Crippen LogP contribution in [0.25, 0.3) is 0 Å². The van der Waals surface area contributed by atoms with Gasteiger partial charge in [-0.25, -0.2) is 0 Å². The van der Waals surface area contributed by atoms with E-state index in [1.165, 1.54) is 0 Å². The molecule has 0 saturated carbocycles. The summed E-state index contributed by atoms with van der Waals surface area (Å²) in [5.74, 6) is 0.676. The van der Waals surface area contributed by atoms with Crippen molar-refractivity contribution in [2.24, 2.45) is 5.73 Å². The highest BCUT2D eigenvalue weighted by Gasteiger charge is 2.16. The Balaban J connectivity index is 2.30. The maximum absolute atomic E-state index is 12.7. The fourth-order valence-electron chi connectivity index (χ4n) is 2.22. The van der Waals surface area contributed by atoms with Crippen LogP contribution in [0.3, 0.4) is 0 Å². The largest absolute Gasteiger partial charge is 0.497 e. The van der Waals surface area contributed by atoms with Gasteiger partial charge in [0, 0.05) is 24.4 Å². The number of methoxy groups -OCH3 is 1. The van der Waals surface area contributed by atoms with Crippen LogP contribution in [0.4, 0.5) is 5.69 Å². The summed E-state index contributed by atoms with van der Waals surface area (Å²) < 4.78 is 5.20. The molecule has 4 heteroatoms. The Morgan fingerprint density at radius 3 is 2.67 bits per heavy atom. The summed E-state index contributed by atoms with van der Waals surface area (Å²) in [6.07, 6.45) is 0.688. The third kappa shape index (κ3) is 3.41. The van der Waals surface area contributed by atoms with E-state index in [1.807, 2.05) is 48.5 Å². The summed E-state index contributed by atoms with van der Waals surface area (Å²) in [4.78, 5) is 14.3. The molecule has 0 fully saturated rings. The highest BCUT2D eigenvalue weighted by atomic mass is 16.5. The molecule has 0 saturated heterocycles. The Labute approximate surface area is 125 Å². The minimum Gasteiger partial charge on any atom is -0.497 e. The van der Waals surface area contributed by atoms with Crippen LogP contribution in [0.1, 0.15) is 15.9 Å². The number of nitrogens with two attached hydrogens (primary N) is 1. The smallest absolute Gasteiger partial charge is 0.258 e. The third-order valence-electron chi connectivity index (χ3n) is 3.41. The topological polar surface area (TPSA) is 55.6 Å². The zero-order valence-electron chi connectivity index (χ0n) is 12.4. The van der Waals surface area contributed by atoms with E-state index >= 15 is 0 Å². The number of carbonyl (C=O) groups excluding carboxylic acids is 1. The van der Waals surface area contributed by atoms with Crippen molar-refractivity contribution < 1.29 is 9.53 Å². The molecule has 0 unspecified atom stereocenters. The fourth-order valence-corrected chi connectivity index (χ4v) is 2.22. The van der Waals surface area contributed by atoms with Gasteiger partial charge in [0.25, 0.3) is 5.91 Å². The number of hydrogen-bond donors (Lipinski definition) is 1. The van der Waals surface area contributed by atoms with Gasteiger partial charge in [-0.05, 0) is 36.7 Å². The van der Waals surface area contributed by atoms with E-state index in [9.17, 15) is 4.79 Å². The van der Waals surface area contributed by atoms with Gasteiger partial charge in [-0.3, -0.25) is 4.79 Å². The van der Waals surface area contributed by atoms with E-state index in [0.717, 1.165) is 17.0 Å². The molecule has 0 spiro atoms. The molecule has 2 rings (SSSR count). The number of rotatable bonds is 5. The predicted molar refractivity (Wildman–Crippen MR) is 84.9 cm³/mol. The number of carbonyl (C=O) groups is 1. The van der Waals surface area contributed by atoms with Gasteiger partial charge in [-0.2, -0.15) is 0 Å². The monoisotopic (exact) mass is 284 g/mol. The van der Waals surface area contributed by atoms with Gasteiger partial charge in [0.05, 0.1) is 7.11 Å². The Morgan fingerprint density at radius 2 is 1.95 bits per heavy atom. The molecule has 4 nitrogen and oxygen atoms in total. The standard InChI is InChI=1S/C17H20N2O2/c1-19(14-7-5-8-15(12-14)21-2)17(20)16-9-4-3-6-13(16)10-11-18/h3-9,12H,10-11,18H2,1-2H3. The molecular weight excluding hydrogens is 264 g/mol. The molecule has 0 atom stereocenters. The Bertz CT molecular complexity index is 626. The molecular formula is C17H20N2O2. The maximum Gasteiger partial charge on any atom is 0.258 e. The van der Waals surface area contributed by atoms with Gasteiger partial charge in [0.15, 0.2) is 0 Å². The van der Waals surface area contributed by atoms with Gasteiger partial charge >= 0.3 is 0 Å². The lowest BCUT2D eigenvalue weighted by atomic mass is 10.0. The lowest BCUT2D eigenvalue weighted by Crippen LogP contribution is -2.27. The molecule has 2 N–H and O–H groups in total. The van der Waals surface area contributed by atoms with E-state index < -0.39 is 0 Å². The van der Waals surface area contributed by atoms with Crippen molar-refractivity contribution in [1.82, 2.24) is 0 Å². The normalized spacial score (nSPS) is 10.2. The Hall–Kier alpha value is -2.33. The highest BCUT2D eigenvalue weighted by Crippen LogP contribution is 2.22. The summed E-state index contributed by atoms with van der Waals surface area (Å²) in [5, 5.41) is 0. The average molecular weight is 284 g/mol.